The number of anilines is 2. The molecule has 0 unspecified atom stereocenters. The third-order valence-corrected chi connectivity index (χ3v) is 6.44. The molecule has 4 rings (SSSR count). The first-order valence-electron chi connectivity index (χ1n) is 10.6. The van der Waals surface area contributed by atoms with Crippen LogP contribution >= 0.6 is 11.6 Å². The molecule has 0 saturated carbocycles. The predicted molar refractivity (Wildman–Crippen MR) is 135 cm³/mol. The molecule has 0 radical (unpaired) electrons. The number of rotatable bonds is 8. The average Bonchev–Trinajstić information content (AvgIpc) is 2.99. The highest BCUT2D eigenvalue weighted by Gasteiger charge is 2.16. The number of sulfonamides is 1. The molecule has 172 valence electrons. The zero-order chi connectivity index (χ0) is 23.6. The van der Waals surface area contributed by atoms with Gasteiger partial charge in [0, 0.05) is 29.5 Å². The Kier molecular flexibility index (Phi) is 6.58. The van der Waals surface area contributed by atoms with E-state index in [1.807, 2.05) is 30.3 Å². The van der Waals surface area contributed by atoms with E-state index in [0.29, 0.717) is 18.8 Å². The van der Waals surface area contributed by atoms with Crippen molar-refractivity contribution in [3.8, 4) is 0 Å². The van der Waals surface area contributed by atoms with E-state index in [0.717, 1.165) is 56.9 Å². The quantitative estimate of drug-likeness (QED) is 0.376. The Balaban J connectivity index is 1.51. The fourth-order valence-electron chi connectivity index (χ4n) is 3.89. The largest absolute Gasteiger partial charge is 0.369 e. The number of hydrogen-bond donors (Lipinski definition) is 2. The summed E-state index contributed by atoms with van der Waals surface area (Å²) < 4.78 is 27.4. The van der Waals surface area contributed by atoms with Crippen LogP contribution in [0.25, 0.3) is 11.0 Å². The second-order valence-corrected chi connectivity index (χ2v) is 10.3. The van der Waals surface area contributed by atoms with E-state index < -0.39 is 10.0 Å². The molecule has 0 atom stereocenters. The van der Waals surface area contributed by atoms with Crippen LogP contribution in [-0.4, -0.2) is 35.8 Å². The Bertz CT molecular complexity index is 1400. The van der Waals surface area contributed by atoms with Gasteiger partial charge in [0.05, 0.1) is 11.6 Å². The van der Waals surface area contributed by atoms with Crippen LogP contribution in [-0.2, 0) is 23.0 Å². The third kappa shape index (κ3) is 5.46. The van der Waals surface area contributed by atoms with Crippen LogP contribution < -0.4 is 10.0 Å². The molecule has 4 aromatic rings. The summed E-state index contributed by atoms with van der Waals surface area (Å²) in [7, 11) is -3.28. The molecule has 0 aliphatic heterocycles. The number of benzene rings is 2. The van der Waals surface area contributed by atoms with Gasteiger partial charge in [0.25, 0.3) is 0 Å². The van der Waals surface area contributed by atoms with Crippen LogP contribution in [0.15, 0.2) is 54.9 Å². The first-order chi connectivity index (χ1) is 15.7. The number of hydrogen-bond acceptors (Lipinski definition) is 5. The van der Waals surface area contributed by atoms with Crippen LogP contribution in [0.5, 0.6) is 0 Å². The third-order valence-electron chi connectivity index (χ3n) is 5.60. The van der Waals surface area contributed by atoms with Gasteiger partial charge in [0.15, 0.2) is 0 Å². The molecule has 33 heavy (non-hydrogen) atoms. The minimum Gasteiger partial charge on any atom is -0.369 e. The Morgan fingerprint density at radius 1 is 1.03 bits per heavy atom. The maximum Gasteiger partial charge on any atom is 0.229 e. The zero-order valence-corrected chi connectivity index (χ0v) is 20.3. The number of aromatic nitrogens is 3. The second-order valence-electron chi connectivity index (χ2n) is 8.10. The molecule has 7 nitrogen and oxygen atoms in total. The van der Waals surface area contributed by atoms with Crippen molar-refractivity contribution in [3.05, 3.63) is 82.3 Å². The van der Waals surface area contributed by atoms with Crippen LogP contribution in [0.1, 0.15) is 22.4 Å². The van der Waals surface area contributed by atoms with Crippen molar-refractivity contribution in [3.63, 3.8) is 0 Å². The lowest BCUT2D eigenvalue weighted by Gasteiger charge is -2.10. The van der Waals surface area contributed by atoms with Gasteiger partial charge in [-0.1, -0.05) is 35.9 Å². The average molecular weight is 484 g/mol. The fourth-order valence-corrected chi connectivity index (χ4v) is 4.67. The molecule has 0 saturated heterocycles. The highest BCUT2D eigenvalue weighted by atomic mass is 35.5. The molecule has 0 aliphatic rings. The predicted octanol–water partition coefficient (Wildman–Crippen LogP) is 4.78. The highest BCUT2D eigenvalue weighted by molar-refractivity contribution is 7.92. The van der Waals surface area contributed by atoms with Gasteiger partial charge in [-0.2, -0.15) is 0 Å². The summed E-state index contributed by atoms with van der Waals surface area (Å²) in [6.07, 6.45) is 3.49. The highest BCUT2D eigenvalue weighted by Crippen LogP contribution is 2.29. The maximum atomic E-state index is 11.4. The van der Waals surface area contributed by atoms with Gasteiger partial charge in [0.1, 0.15) is 17.8 Å². The molecule has 0 aliphatic carbocycles. The molecular weight excluding hydrogens is 458 g/mol. The van der Waals surface area contributed by atoms with Gasteiger partial charge >= 0.3 is 0 Å². The van der Waals surface area contributed by atoms with E-state index in [2.05, 4.69) is 44.5 Å². The number of aryl methyl sites for hydroxylation is 1. The van der Waals surface area contributed by atoms with Gasteiger partial charge < -0.3 is 9.88 Å². The lowest BCUT2D eigenvalue weighted by Crippen LogP contribution is -2.10. The monoisotopic (exact) mass is 483 g/mol. The van der Waals surface area contributed by atoms with Gasteiger partial charge in [-0.15, -0.1) is 0 Å². The molecule has 2 aromatic heterocycles. The SMILES string of the molecule is Cc1c(C)n(Cc2cccc(Cl)c2)c2ncnc(NCCc3ccc(NS(C)(=O)=O)cc3)c12. The van der Waals surface area contributed by atoms with Crippen LogP contribution in [0.3, 0.4) is 0 Å². The zero-order valence-electron chi connectivity index (χ0n) is 18.8. The molecule has 0 fully saturated rings. The Hall–Kier alpha value is -3.10. The van der Waals surface area contributed by atoms with Crippen molar-refractivity contribution in [2.75, 3.05) is 22.8 Å². The van der Waals surface area contributed by atoms with E-state index in [-0.39, 0.29) is 0 Å². The van der Waals surface area contributed by atoms with Crippen molar-refractivity contribution < 1.29 is 8.42 Å². The van der Waals surface area contributed by atoms with E-state index in [4.69, 9.17) is 11.6 Å². The molecular formula is C24H26ClN5O2S. The Morgan fingerprint density at radius 2 is 1.79 bits per heavy atom. The summed E-state index contributed by atoms with van der Waals surface area (Å²) in [5, 5.41) is 5.18. The lowest BCUT2D eigenvalue weighted by molar-refractivity contribution is 0.607. The number of halogens is 1. The summed E-state index contributed by atoms with van der Waals surface area (Å²) in [5.41, 5.74) is 5.94. The number of nitrogens with one attached hydrogen (secondary N) is 2. The van der Waals surface area contributed by atoms with Crippen molar-refractivity contribution in [2.45, 2.75) is 26.8 Å². The smallest absolute Gasteiger partial charge is 0.229 e. The summed E-state index contributed by atoms with van der Waals surface area (Å²) in [5.74, 6) is 0.806. The lowest BCUT2D eigenvalue weighted by atomic mass is 10.1. The van der Waals surface area contributed by atoms with Crippen molar-refractivity contribution in [1.29, 1.82) is 0 Å². The van der Waals surface area contributed by atoms with Gasteiger partial charge in [-0.25, -0.2) is 18.4 Å². The van der Waals surface area contributed by atoms with Crippen molar-refractivity contribution in [2.24, 2.45) is 0 Å². The van der Waals surface area contributed by atoms with Crippen molar-refractivity contribution in [1.82, 2.24) is 14.5 Å². The molecule has 0 bridgehead atoms. The molecule has 0 amide bonds. The summed E-state index contributed by atoms with van der Waals surface area (Å²) in [6, 6.07) is 15.2. The van der Waals surface area contributed by atoms with E-state index >= 15 is 0 Å². The van der Waals surface area contributed by atoms with Crippen LogP contribution in [0.2, 0.25) is 5.02 Å². The molecule has 0 spiro atoms. The van der Waals surface area contributed by atoms with Gasteiger partial charge in [-0.05, 0) is 61.2 Å². The van der Waals surface area contributed by atoms with Gasteiger partial charge in [0.2, 0.25) is 10.0 Å². The first kappa shape index (κ1) is 23.1. The minimum atomic E-state index is -3.28. The standard InChI is InChI=1S/C24H26ClN5O2S/c1-16-17(2)30(14-19-5-4-6-20(25)13-19)24-22(16)23(27-15-28-24)26-12-11-18-7-9-21(10-8-18)29-33(3,31)32/h4-10,13,15,29H,11-12,14H2,1-3H3,(H,26,27,28). The number of nitrogens with zero attached hydrogens (tertiary/aromatic N) is 3. The Morgan fingerprint density at radius 3 is 2.48 bits per heavy atom. The first-order valence-corrected chi connectivity index (χ1v) is 12.8. The topological polar surface area (TPSA) is 88.9 Å². The summed E-state index contributed by atoms with van der Waals surface area (Å²) in [6.45, 7) is 5.55. The molecule has 2 N–H and O–H groups in total. The second kappa shape index (κ2) is 9.41. The molecule has 2 heterocycles. The normalized spacial score (nSPS) is 11.6. The van der Waals surface area contributed by atoms with E-state index in [9.17, 15) is 8.42 Å². The van der Waals surface area contributed by atoms with Crippen molar-refractivity contribution >= 4 is 44.2 Å². The molecule has 2 aromatic carbocycles. The fraction of sp³-hybridized carbons (Fsp3) is 0.250. The van der Waals surface area contributed by atoms with Crippen LogP contribution in [0.4, 0.5) is 11.5 Å². The number of fused-ring (bicyclic) bond motifs is 1. The Labute approximate surface area is 198 Å². The van der Waals surface area contributed by atoms with E-state index in [1.54, 1.807) is 18.5 Å². The van der Waals surface area contributed by atoms with Crippen LogP contribution in [0, 0.1) is 13.8 Å². The maximum absolute atomic E-state index is 11.4. The van der Waals surface area contributed by atoms with E-state index in [1.165, 1.54) is 0 Å². The summed E-state index contributed by atoms with van der Waals surface area (Å²) >= 11 is 6.17. The summed E-state index contributed by atoms with van der Waals surface area (Å²) in [4.78, 5) is 9.07. The molecule has 9 heteroatoms. The minimum absolute atomic E-state index is 0.555. The van der Waals surface area contributed by atoms with Gasteiger partial charge in [-0.3, -0.25) is 4.72 Å².